The summed E-state index contributed by atoms with van der Waals surface area (Å²) in [6.07, 6.45) is 1.83. The predicted molar refractivity (Wildman–Crippen MR) is 83.5 cm³/mol. The molecule has 4 heteroatoms. The Morgan fingerprint density at radius 2 is 2.10 bits per heavy atom. The second kappa shape index (κ2) is 6.80. The van der Waals surface area contributed by atoms with Crippen LogP contribution in [0.1, 0.15) is 12.5 Å². The highest BCUT2D eigenvalue weighted by molar-refractivity contribution is 5.53. The number of nitrogens with zero attached hydrogens (tertiary/aromatic N) is 2. The van der Waals surface area contributed by atoms with Crippen LogP contribution in [0.25, 0.3) is 0 Å². The molecule has 106 valence electrons. The summed E-state index contributed by atoms with van der Waals surface area (Å²) in [4.78, 5) is 6.48. The Kier molecular flexibility index (Phi) is 4.82. The molecule has 2 rings (SSSR count). The first-order valence-corrected chi connectivity index (χ1v) is 6.77. The van der Waals surface area contributed by atoms with E-state index in [1.165, 1.54) is 5.56 Å². The molecule has 0 aliphatic carbocycles. The Labute approximate surface area is 120 Å². The standard InChI is InChI=1S/C16H21N3O/c1-4-17-16-11-14(8-9-18-16)19(2)12-13-6-5-7-15(10-13)20-3/h5-11H,4,12H2,1-3H3,(H,17,18). The van der Waals surface area contributed by atoms with Crippen LogP contribution in [0, 0.1) is 0 Å². The normalized spacial score (nSPS) is 10.2. The number of methoxy groups -OCH3 is 1. The van der Waals surface area contributed by atoms with E-state index in [0.717, 1.165) is 30.3 Å². The van der Waals surface area contributed by atoms with E-state index in [9.17, 15) is 0 Å². The lowest BCUT2D eigenvalue weighted by Gasteiger charge is -2.20. The SMILES string of the molecule is CCNc1cc(N(C)Cc2cccc(OC)c2)ccn1. The van der Waals surface area contributed by atoms with Gasteiger partial charge in [0.25, 0.3) is 0 Å². The predicted octanol–water partition coefficient (Wildman–Crippen LogP) is 3.16. The number of rotatable bonds is 6. The maximum atomic E-state index is 5.25. The van der Waals surface area contributed by atoms with Gasteiger partial charge in [0.2, 0.25) is 0 Å². The Morgan fingerprint density at radius 3 is 2.85 bits per heavy atom. The molecule has 0 spiro atoms. The van der Waals surface area contributed by atoms with E-state index in [1.807, 2.05) is 24.4 Å². The number of ether oxygens (including phenoxy) is 1. The molecule has 1 N–H and O–H groups in total. The van der Waals surface area contributed by atoms with Gasteiger partial charge in [-0.1, -0.05) is 12.1 Å². The van der Waals surface area contributed by atoms with Crippen molar-refractivity contribution in [2.75, 3.05) is 30.9 Å². The van der Waals surface area contributed by atoms with E-state index >= 15 is 0 Å². The number of nitrogens with one attached hydrogen (secondary N) is 1. The first kappa shape index (κ1) is 14.2. The lowest BCUT2D eigenvalue weighted by atomic mass is 10.2. The van der Waals surface area contributed by atoms with Crippen LogP contribution in [0.5, 0.6) is 5.75 Å². The summed E-state index contributed by atoms with van der Waals surface area (Å²) in [5.74, 6) is 1.79. The van der Waals surface area contributed by atoms with Crippen molar-refractivity contribution in [2.24, 2.45) is 0 Å². The minimum atomic E-state index is 0.826. The number of hydrogen-bond donors (Lipinski definition) is 1. The maximum Gasteiger partial charge on any atom is 0.127 e. The summed E-state index contributed by atoms with van der Waals surface area (Å²) in [5, 5.41) is 3.23. The van der Waals surface area contributed by atoms with Crippen molar-refractivity contribution < 1.29 is 4.74 Å². The molecule has 0 aliphatic heterocycles. The first-order valence-electron chi connectivity index (χ1n) is 6.77. The lowest BCUT2D eigenvalue weighted by Crippen LogP contribution is -2.16. The quantitative estimate of drug-likeness (QED) is 0.875. The molecule has 20 heavy (non-hydrogen) atoms. The number of aromatic nitrogens is 1. The van der Waals surface area contributed by atoms with E-state index in [-0.39, 0.29) is 0 Å². The van der Waals surface area contributed by atoms with Gasteiger partial charge in [-0.3, -0.25) is 0 Å². The van der Waals surface area contributed by atoms with Crippen LogP contribution in [0.15, 0.2) is 42.6 Å². The zero-order valence-electron chi connectivity index (χ0n) is 12.3. The largest absolute Gasteiger partial charge is 0.497 e. The molecule has 1 heterocycles. The molecule has 0 atom stereocenters. The third-order valence-electron chi connectivity index (χ3n) is 3.10. The van der Waals surface area contributed by atoms with Crippen LogP contribution in [-0.2, 0) is 6.54 Å². The van der Waals surface area contributed by atoms with E-state index in [0.29, 0.717) is 0 Å². The molecule has 0 bridgehead atoms. The molecule has 0 saturated carbocycles. The van der Waals surface area contributed by atoms with Crippen molar-refractivity contribution in [3.63, 3.8) is 0 Å². The first-order chi connectivity index (χ1) is 9.72. The molecule has 2 aromatic rings. The molecular formula is C16H21N3O. The summed E-state index contributed by atoms with van der Waals surface area (Å²) in [5.41, 5.74) is 2.35. The Morgan fingerprint density at radius 1 is 1.25 bits per heavy atom. The van der Waals surface area contributed by atoms with Crippen LogP contribution >= 0.6 is 0 Å². The van der Waals surface area contributed by atoms with Gasteiger partial charge in [-0.25, -0.2) is 4.98 Å². The molecular weight excluding hydrogens is 250 g/mol. The van der Waals surface area contributed by atoms with E-state index in [1.54, 1.807) is 7.11 Å². The van der Waals surface area contributed by atoms with Crippen LogP contribution in [0.3, 0.4) is 0 Å². The van der Waals surface area contributed by atoms with Gasteiger partial charge in [-0.05, 0) is 30.7 Å². The average Bonchev–Trinajstić information content (AvgIpc) is 2.48. The summed E-state index contributed by atoms with van der Waals surface area (Å²) in [7, 11) is 3.76. The van der Waals surface area contributed by atoms with Crippen molar-refractivity contribution >= 4 is 11.5 Å². The summed E-state index contributed by atoms with van der Waals surface area (Å²) >= 11 is 0. The second-order valence-corrected chi connectivity index (χ2v) is 4.64. The molecule has 0 fully saturated rings. The highest BCUT2D eigenvalue weighted by atomic mass is 16.5. The van der Waals surface area contributed by atoms with Crippen LogP contribution in [0.2, 0.25) is 0 Å². The minimum Gasteiger partial charge on any atom is -0.497 e. The number of pyridine rings is 1. The highest BCUT2D eigenvalue weighted by Crippen LogP contribution is 2.20. The average molecular weight is 271 g/mol. The monoisotopic (exact) mass is 271 g/mol. The second-order valence-electron chi connectivity index (χ2n) is 4.64. The molecule has 0 amide bonds. The van der Waals surface area contributed by atoms with Gasteiger partial charge in [0.05, 0.1) is 7.11 Å². The van der Waals surface area contributed by atoms with E-state index in [4.69, 9.17) is 4.74 Å². The maximum absolute atomic E-state index is 5.25. The van der Waals surface area contributed by atoms with E-state index < -0.39 is 0 Å². The Hall–Kier alpha value is -2.23. The van der Waals surface area contributed by atoms with Gasteiger partial charge in [-0.15, -0.1) is 0 Å². The topological polar surface area (TPSA) is 37.4 Å². The third-order valence-corrected chi connectivity index (χ3v) is 3.10. The number of benzene rings is 1. The van der Waals surface area contributed by atoms with Gasteiger partial charge in [0, 0.05) is 38.1 Å². The van der Waals surface area contributed by atoms with Crippen molar-refractivity contribution in [1.29, 1.82) is 0 Å². The Bertz CT molecular complexity index is 557. The van der Waals surface area contributed by atoms with Crippen LogP contribution in [0.4, 0.5) is 11.5 Å². The zero-order chi connectivity index (χ0) is 14.4. The number of anilines is 2. The minimum absolute atomic E-state index is 0.826. The van der Waals surface area contributed by atoms with Crippen molar-refractivity contribution in [2.45, 2.75) is 13.5 Å². The van der Waals surface area contributed by atoms with Crippen molar-refractivity contribution in [3.05, 3.63) is 48.2 Å². The smallest absolute Gasteiger partial charge is 0.127 e. The van der Waals surface area contributed by atoms with Crippen LogP contribution < -0.4 is 15.0 Å². The molecule has 0 saturated heterocycles. The fraction of sp³-hybridized carbons (Fsp3) is 0.312. The molecule has 1 aromatic heterocycles. The molecule has 4 nitrogen and oxygen atoms in total. The van der Waals surface area contributed by atoms with Crippen molar-refractivity contribution in [1.82, 2.24) is 4.98 Å². The van der Waals surface area contributed by atoms with Gasteiger partial charge >= 0.3 is 0 Å². The van der Waals surface area contributed by atoms with Crippen LogP contribution in [-0.4, -0.2) is 25.7 Å². The van der Waals surface area contributed by atoms with Gasteiger partial charge in [0.15, 0.2) is 0 Å². The Balaban J connectivity index is 2.10. The van der Waals surface area contributed by atoms with Gasteiger partial charge in [0.1, 0.15) is 11.6 Å². The number of hydrogen-bond acceptors (Lipinski definition) is 4. The van der Waals surface area contributed by atoms with Gasteiger partial charge in [-0.2, -0.15) is 0 Å². The van der Waals surface area contributed by atoms with Crippen molar-refractivity contribution in [3.8, 4) is 5.75 Å². The summed E-state index contributed by atoms with van der Waals surface area (Å²) in [6, 6.07) is 12.2. The lowest BCUT2D eigenvalue weighted by molar-refractivity contribution is 0.414. The zero-order valence-corrected chi connectivity index (χ0v) is 12.3. The molecule has 1 aromatic carbocycles. The highest BCUT2D eigenvalue weighted by Gasteiger charge is 2.04. The molecule has 0 aliphatic rings. The summed E-state index contributed by atoms with van der Waals surface area (Å²) in [6.45, 7) is 3.76. The van der Waals surface area contributed by atoms with Gasteiger partial charge < -0.3 is 15.0 Å². The summed E-state index contributed by atoms with van der Waals surface area (Å²) < 4.78 is 5.25. The van der Waals surface area contributed by atoms with E-state index in [2.05, 4.69) is 47.4 Å². The fourth-order valence-electron chi connectivity index (χ4n) is 2.07. The molecule has 0 unspecified atom stereocenters. The molecule has 0 radical (unpaired) electrons. The fourth-order valence-corrected chi connectivity index (χ4v) is 2.07. The third kappa shape index (κ3) is 3.63.